The van der Waals surface area contributed by atoms with Gasteiger partial charge in [0.05, 0.1) is 0 Å². The van der Waals surface area contributed by atoms with Crippen LogP contribution in [-0.4, -0.2) is 4.98 Å². The van der Waals surface area contributed by atoms with E-state index < -0.39 is 0 Å². The minimum atomic E-state index is -0.0521. The zero-order valence-corrected chi connectivity index (χ0v) is 7.18. The maximum Gasteiger partial charge on any atom is 2.00 e. The SMILES string of the molecule is O=c1ccc2ccccc2[nH]1.[Ni+2]. The van der Waals surface area contributed by atoms with Crippen molar-refractivity contribution in [3.63, 3.8) is 0 Å². The summed E-state index contributed by atoms with van der Waals surface area (Å²) in [6.45, 7) is 0. The standard InChI is InChI=1S/C9H7NO.Ni/c11-9-6-5-7-3-1-2-4-8(7)10-9;/h1-6H,(H,10,11);/q;+2. The van der Waals surface area contributed by atoms with Gasteiger partial charge in [0.1, 0.15) is 0 Å². The molecule has 0 saturated carbocycles. The van der Waals surface area contributed by atoms with E-state index in [0.29, 0.717) is 0 Å². The zero-order valence-electron chi connectivity index (χ0n) is 6.19. The van der Waals surface area contributed by atoms with E-state index in [1.165, 1.54) is 6.07 Å². The van der Waals surface area contributed by atoms with Crippen molar-refractivity contribution in [2.24, 2.45) is 0 Å². The molecule has 0 aliphatic rings. The Bertz CT molecular complexity index is 435. The predicted molar refractivity (Wildman–Crippen MR) is 44.6 cm³/mol. The van der Waals surface area contributed by atoms with Gasteiger partial charge in [-0.15, -0.1) is 0 Å². The second-order valence-electron chi connectivity index (χ2n) is 2.41. The molecular weight excluding hydrogens is 197 g/mol. The van der Waals surface area contributed by atoms with Crippen molar-refractivity contribution in [2.45, 2.75) is 0 Å². The van der Waals surface area contributed by atoms with Gasteiger partial charge in [0.25, 0.3) is 0 Å². The molecule has 2 nitrogen and oxygen atoms in total. The van der Waals surface area contributed by atoms with E-state index in [-0.39, 0.29) is 22.1 Å². The Hall–Kier alpha value is -1.08. The summed E-state index contributed by atoms with van der Waals surface area (Å²) >= 11 is 0. The largest absolute Gasteiger partial charge is 2.00 e. The first-order valence-electron chi connectivity index (χ1n) is 3.44. The first-order chi connectivity index (χ1) is 5.36. The Morgan fingerprint density at radius 2 is 1.75 bits per heavy atom. The van der Waals surface area contributed by atoms with Crippen LogP contribution in [0.15, 0.2) is 41.2 Å². The third kappa shape index (κ3) is 1.56. The Morgan fingerprint density at radius 1 is 1.00 bits per heavy atom. The second-order valence-corrected chi connectivity index (χ2v) is 2.41. The molecule has 0 aliphatic heterocycles. The number of para-hydroxylation sites is 1. The maximum absolute atomic E-state index is 10.8. The number of pyridine rings is 1. The van der Waals surface area contributed by atoms with Crippen molar-refractivity contribution in [3.8, 4) is 0 Å². The Balaban J connectivity index is 0.000000720. The molecule has 1 aromatic heterocycles. The molecule has 0 fully saturated rings. The number of aromatic amines is 1. The summed E-state index contributed by atoms with van der Waals surface area (Å²) in [5.74, 6) is 0. The van der Waals surface area contributed by atoms with Crippen LogP contribution in [0, 0.1) is 0 Å². The van der Waals surface area contributed by atoms with Crippen molar-refractivity contribution in [3.05, 3.63) is 46.8 Å². The average molecular weight is 204 g/mol. The van der Waals surface area contributed by atoms with Crippen molar-refractivity contribution in [1.29, 1.82) is 0 Å². The molecule has 62 valence electrons. The van der Waals surface area contributed by atoms with Gasteiger partial charge in [-0.05, 0) is 17.5 Å². The van der Waals surface area contributed by atoms with Gasteiger partial charge in [-0.2, -0.15) is 0 Å². The molecule has 0 amide bonds. The van der Waals surface area contributed by atoms with Gasteiger partial charge < -0.3 is 4.98 Å². The van der Waals surface area contributed by atoms with E-state index in [0.717, 1.165) is 10.9 Å². The Kier molecular flexibility index (Phi) is 2.67. The van der Waals surface area contributed by atoms with Gasteiger partial charge in [-0.1, -0.05) is 18.2 Å². The summed E-state index contributed by atoms with van der Waals surface area (Å²) in [5, 5.41) is 1.06. The van der Waals surface area contributed by atoms with E-state index in [1.807, 2.05) is 30.3 Å². The zero-order chi connectivity index (χ0) is 7.68. The van der Waals surface area contributed by atoms with Crippen molar-refractivity contribution in [2.75, 3.05) is 0 Å². The van der Waals surface area contributed by atoms with E-state index in [1.54, 1.807) is 0 Å². The fourth-order valence-electron chi connectivity index (χ4n) is 1.10. The van der Waals surface area contributed by atoms with Gasteiger partial charge in [-0.3, -0.25) is 4.79 Å². The van der Waals surface area contributed by atoms with E-state index >= 15 is 0 Å². The van der Waals surface area contributed by atoms with Gasteiger partial charge in [0.2, 0.25) is 5.56 Å². The van der Waals surface area contributed by atoms with Crippen molar-refractivity contribution in [1.82, 2.24) is 4.98 Å². The topological polar surface area (TPSA) is 32.9 Å². The third-order valence-electron chi connectivity index (χ3n) is 1.63. The first kappa shape index (κ1) is 9.02. The summed E-state index contributed by atoms with van der Waals surface area (Å²) in [4.78, 5) is 13.6. The van der Waals surface area contributed by atoms with Crippen molar-refractivity contribution < 1.29 is 16.5 Å². The molecule has 3 heteroatoms. The number of nitrogens with one attached hydrogen (secondary N) is 1. The summed E-state index contributed by atoms with van der Waals surface area (Å²) in [6, 6.07) is 11.0. The molecule has 0 bridgehead atoms. The smallest absolute Gasteiger partial charge is 0.322 e. The minimum absolute atomic E-state index is 0. The molecule has 0 atom stereocenters. The number of H-pyrrole nitrogens is 1. The molecule has 12 heavy (non-hydrogen) atoms. The average Bonchev–Trinajstić information content (AvgIpc) is 2.04. The molecule has 2 aromatic rings. The van der Waals surface area contributed by atoms with Crippen molar-refractivity contribution >= 4 is 10.9 Å². The molecule has 0 radical (unpaired) electrons. The van der Waals surface area contributed by atoms with Gasteiger partial charge >= 0.3 is 16.5 Å². The van der Waals surface area contributed by atoms with Crippen LogP contribution in [0.3, 0.4) is 0 Å². The molecule has 0 saturated heterocycles. The second kappa shape index (κ2) is 3.55. The van der Waals surface area contributed by atoms with Crippen LogP contribution in [0.4, 0.5) is 0 Å². The predicted octanol–water partition coefficient (Wildman–Crippen LogP) is 1.53. The summed E-state index contributed by atoms with van der Waals surface area (Å²) in [7, 11) is 0. The molecule has 0 spiro atoms. The monoisotopic (exact) mass is 203 g/mol. The fraction of sp³-hybridized carbons (Fsp3) is 0. The molecule has 2 rings (SSSR count). The summed E-state index contributed by atoms with van der Waals surface area (Å²) < 4.78 is 0. The molecule has 0 unspecified atom stereocenters. The molecule has 0 aliphatic carbocycles. The Labute approximate surface area is 79.5 Å². The number of benzene rings is 1. The normalized spacial score (nSPS) is 9.33. The minimum Gasteiger partial charge on any atom is -0.322 e. The summed E-state index contributed by atoms with van der Waals surface area (Å²) in [5.41, 5.74) is 0.837. The van der Waals surface area contributed by atoms with Crippen LogP contribution in [0.2, 0.25) is 0 Å². The maximum atomic E-state index is 10.8. The van der Waals surface area contributed by atoms with Crippen LogP contribution in [0.1, 0.15) is 0 Å². The van der Waals surface area contributed by atoms with Crippen LogP contribution >= 0.6 is 0 Å². The third-order valence-corrected chi connectivity index (χ3v) is 1.63. The molecule has 1 heterocycles. The molecule has 1 N–H and O–H groups in total. The van der Waals surface area contributed by atoms with E-state index in [2.05, 4.69) is 4.98 Å². The Morgan fingerprint density at radius 3 is 2.58 bits per heavy atom. The number of fused-ring (bicyclic) bond motifs is 1. The van der Waals surface area contributed by atoms with E-state index in [9.17, 15) is 4.79 Å². The number of hydrogen-bond acceptors (Lipinski definition) is 1. The van der Waals surface area contributed by atoms with Crippen LogP contribution in [0.25, 0.3) is 10.9 Å². The van der Waals surface area contributed by atoms with Crippen LogP contribution in [-0.2, 0) is 16.5 Å². The number of aromatic nitrogens is 1. The first-order valence-corrected chi connectivity index (χ1v) is 3.44. The van der Waals surface area contributed by atoms with Gasteiger partial charge in [-0.25, -0.2) is 0 Å². The number of hydrogen-bond donors (Lipinski definition) is 1. The summed E-state index contributed by atoms with van der Waals surface area (Å²) in [6.07, 6.45) is 0. The quantitative estimate of drug-likeness (QED) is 0.648. The van der Waals surface area contributed by atoms with Gasteiger partial charge in [0.15, 0.2) is 0 Å². The number of rotatable bonds is 0. The molecule has 1 aromatic carbocycles. The molecular formula is C9H7NNiO+2. The fourth-order valence-corrected chi connectivity index (χ4v) is 1.10. The van der Waals surface area contributed by atoms with Crippen LogP contribution in [0.5, 0.6) is 0 Å². The van der Waals surface area contributed by atoms with Gasteiger partial charge in [0, 0.05) is 11.6 Å². The van der Waals surface area contributed by atoms with Crippen LogP contribution < -0.4 is 5.56 Å². The van der Waals surface area contributed by atoms with E-state index in [4.69, 9.17) is 0 Å².